The third-order valence-electron chi connectivity index (χ3n) is 5.25. The number of hydrogen-bond donors (Lipinski definition) is 0. The molecule has 0 spiro atoms. The molecule has 132 valence electrons. The lowest BCUT2D eigenvalue weighted by Crippen LogP contribution is -2.10. The molecule has 0 saturated heterocycles. The van der Waals surface area contributed by atoms with E-state index in [0.29, 0.717) is 17.0 Å². The highest BCUT2D eigenvalue weighted by Gasteiger charge is 2.16. The molecule has 0 aromatic heterocycles. The Morgan fingerprint density at radius 2 is 1.46 bits per heavy atom. The first-order valence-electron chi connectivity index (χ1n) is 9.41. The van der Waals surface area contributed by atoms with E-state index >= 15 is 0 Å². The minimum absolute atomic E-state index is 0.284. The summed E-state index contributed by atoms with van der Waals surface area (Å²) in [5, 5.41) is 0. The van der Waals surface area contributed by atoms with E-state index in [1.54, 1.807) is 6.07 Å². The quantitative estimate of drug-likeness (QED) is 0.513. The summed E-state index contributed by atoms with van der Waals surface area (Å²) in [7, 11) is 0. The predicted octanol–water partition coefficient (Wildman–Crippen LogP) is 6.02. The van der Waals surface area contributed by atoms with Crippen molar-refractivity contribution in [3.8, 4) is 23.7 Å². The van der Waals surface area contributed by atoms with E-state index in [1.165, 1.54) is 30.0 Å². The Balaban J connectivity index is 1.72. The van der Waals surface area contributed by atoms with Crippen LogP contribution in [0.1, 0.15) is 60.4 Å². The molecule has 26 heavy (non-hydrogen) atoms. The summed E-state index contributed by atoms with van der Waals surface area (Å²) in [6.07, 6.45) is 4.73. The van der Waals surface area contributed by atoms with Crippen molar-refractivity contribution in [1.82, 2.24) is 0 Å². The minimum Gasteiger partial charge on any atom is -0.206 e. The first-order valence-corrected chi connectivity index (χ1v) is 9.41. The smallest absolute Gasteiger partial charge is 0.140 e. The highest BCUT2D eigenvalue weighted by molar-refractivity contribution is 5.47. The van der Waals surface area contributed by atoms with Gasteiger partial charge in [0.15, 0.2) is 0 Å². The van der Waals surface area contributed by atoms with Crippen molar-refractivity contribution in [2.45, 2.75) is 46.5 Å². The average molecular weight is 344 g/mol. The first-order chi connectivity index (χ1) is 12.5. The molecule has 0 N–H and O–H groups in total. The normalized spacial score (nSPS) is 19.1. The van der Waals surface area contributed by atoms with Gasteiger partial charge in [0.25, 0.3) is 0 Å². The summed E-state index contributed by atoms with van der Waals surface area (Å²) in [4.78, 5) is 0. The Morgan fingerprint density at radius 3 is 2.12 bits per heavy atom. The van der Waals surface area contributed by atoms with Crippen LogP contribution in [0.15, 0.2) is 36.4 Å². The Morgan fingerprint density at radius 1 is 0.808 bits per heavy atom. The van der Waals surface area contributed by atoms with Crippen LogP contribution in [0.25, 0.3) is 0 Å². The molecule has 0 atom stereocenters. The fourth-order valence-electron chi connectivity index (χ4n) is 3.24. The van der Waals surface area contributed by atoms with E-state index in [2.05, 4.69) is 56.6 Å². The molecule has 1 aliphatic carbocycles. The van der Waals surface area contributed by atoms with E-state index in [9.17, 15) is 4.39 Å². The highest BCUT2D eigenvalue weighted by Crippen LogP contribution is 2.27. The van der Waals surface area contributed by atoms with Crippen LogP contribution in [-0.2, 0) is 0 Å². The minimum atomic E-state index is -0.284. The zero-order valence-electron chi connectivity index (χ0n) is 15.8. The topological polar surface area (TPSA) is 0 Å². The van der Waals surface area contributed by atoms with Crippen LogP contribution in [0.5, 0.6) is 0 Å². The van der Waals surface area contributed by atoms with E-state index in [4.69, 9.17) is 0 Å². The lowest BCUT2D eigenvalue weighted by atomic mass is 9.83. The Kier molecular flexibility index (Phi) is 5.80. The number of halogens is 1. The number of aryl methyl sites for hydroxylation is 2. The molecular weight excluding hydrogens is 319 g/mol. The van der Waals surface area contributed by atoms with E-state index in [-0.39, 0.29) is 5.82 Å². The van der Waals surface area contributed by atoms with Crippen molar-refractivity contribution in [2.75, 3.05) is 0 Å². The lowest BCUT2D eigenvalue weighted by molar-refractivity contribution is 0.337. The SMILES string of the molecule is Cc1ccc(C#Cc2ccc(C#CC3CCC(C)CC3)c(F)c2)cc1C. The van der Waals surface area contributed by atoms with Gasteiger partial charge in [0, 0.05) is 17.0 Å². The van der Waals surface area contributed by atoms with Gasteiger partial charge in [-0.05, 0) is 86.9 Å². The first kappa shape index (κ1) is 18.3. The summed E-state index contributed by atoms with van der Waals surface area (Å²) in [6, 6.07) is 11.2. The zero-order valence-corrected chi connectivity index (χ0v) is 15.8. The van der Waals surface area contributed by atoms with Gasteiger partial charge in [0.2, 0.25) is 0 Å². The van der Waals surface area contributed by atoms with Crippen molar-refractivity contribution >= 4 is 0 Å². The second-order valence-electron chi connectivity index (χ2n) is 7.47. The van der Waals surface area contributed by atoms with Gasteiger partial charge in [-0.3, -0.25) is 0 Å². The molecule has 0 unspecified atom stereocenters. The van der Waals surface area contributed by atoms with Gasteiger partial charge >= 0.3 is 0 Å². The van der Waals surface area contributed by atoms with Crippen LogP contribution in [-0.4, -0.2) is 0 Å². The molecule has 2 aromatic rings. The van der Waals surface area contributed by atoms with Gasteiger partial charge in [-0.1, -0.05) is 36.7 Å². The molecule has 0 nitrogen and oxygen atoms in total. The summed E-state index contributed by atoms with van der Waals surface area (Å²) in [6.45, 7) is 6.44. The largest absolute Gasteiger partial charge is 0.206 e. The molecule has 0 aliphatic heterocycles. The Bertz CT molecular complexity index is 907. The van der Waals surface area contributed by atoms with Crippen LogP contribution >= 0.6 is 0 Å². The van der Waals surface area contributed by atoms with Gasteiger partial charge in [0.1, 0.15) is 5.82 Å². The molecule has 0 radical (unpaired) electrons. The third-order valence-corrected chi connectivity index (χ3v) is 5.25. The van der Waals surface area contributed by atoms with Crippen LogP contribution in [0.4, 0.5) is 4.39 Å². The Labute approximate surface area is 156 Å². The van der Waals surface area contributed by atoms with Gasteiger partial charge in [0.05, 0.1) is 5.56 Å². The van der Waals surface area contributed by atoms with E-state index in [0.717, 1.165) is 24.3 Å². The monoisotopic (exact) mass is 344 g/mol. The van der Waals surface area contributed by atoms with Crippen LogP contribution in [0.2, 0.25) is 0 Å². The summed E-state index contributed by atoms with van der Waals surface area (Å²) in [5.41, 5.74) is 4.56. The van der Waals surface area contributed by atoms with Crippen molar-refractivity contribution < 1.29 is 4.39 Å². The Hall–Kier alpha value is -2.51. The number of rotatable bonds is 0. The molecular formula is C25H25F. The average Bonchev–Trinajstić information content (AvgIpc) is 2.63. The zero-order chi connectivity index (χ0) is 18.5. The lowest BCUT2D eigenvalue weighted by Gasteiger charge is -2.21. The fourth-order valence-corrected chi connectivity index (χ4v) is 3.24. The standard InChI is InChI=1S/C25H25F/c1-18-4-7-21(8-5-18)12-14-24-15-13-23(17-25(24)26)11-10-22-9-6-19(2)20(3)16-22/h6,9,13,15-18,21H,4-5,7-8H2,1-3H3. The van der Waals surface area contributed by atoms with Gasteiger partial charge in [-0.15, -0.1) is 0 Å². The van der Waals surface area contributed by atoms with E-state index < -0.39 is 0 Å². The molecule has 1 heteroatoms. The molecule has 1 aliphatic rings. The van der Waals surface area contributed by atoms with Gasteiger partial charge in [-0.2, -0.15) is 0 Å². The predicted molar refractivity (Wildman–Crippen MR) is 106 cm³/mol. The molecule has 0 bridgehead atoms. The maximum atomic E-state index is 14.3. The summed E-state index contributed by atoms with van der Waals surface area (Å²) in [5.74, 6) is 13.4. The number of hydrogen-bond acceptors (Lipinski definition) is 0. The van der Waals surface area contributed by atoms with Crippen molar-refractivity contribution in [2.24, 2.45) is 11.8 Å². The second kappa shape index (κ2) is 8.25. The van der Waals surface area contributed by atoms with Crippen LogP contribution < -0.4 is 0 Å². The summed E-state index contributed by atoms with van der Waals surface area (Å²) < 4.78 is 14.3. The second-order valence-corrected chi connectivity index (χ2v) is 7.47. The van der Waals surface area contributed by atoms with Crippen molar-refractivity contribution in [3.63, 3.8) is 0 Å². The van der Waals surface area contributed by atoms with E-state index in [1.807, 2.05) is 12.1 Å². The maximum Gasteiger partial charge on any atom is 0.140 e. The maximum absolute atomic E-state index is 14.3. The molecule has 3 rings (SSSR count). The molecule has 0 heterocycles. The molecule has 2 aromatic carbocycles. The molecule has 1 fully saturated rings. The third kappa shape index (κ3) is 4.77. The summed E-state index contributed by atoms with van der Waals surface area (Å²) >= 11 is 0. The molecule has 1 saturated carbocycles. The van der Waals surface area contributed by atoms with Crippen LogP contribution in [0.3, 0.4) is 0 Å². The molecule has 0 amide bonds. The fraction of sp³-hybridized carbons (Fsp3) is 0.360. The van der Waals surface area contributed by atoms with Crippen molar-refractivity contribution in [3.05, 3.63) is 70.0 Å². The van der Waals surface area contributed by atoms with Crippen LogP contribution in [0, 0.1) is 55.2 Å². The van der Waals surface area contributed by atoms with Gasteiger partial charge in [-0.25, -0.2) is 4.39 Å². The van der Waals surface area contributed by atoms with Gasteiger partial charge < -0.3 is 0 Å². The number of benzene rings is 2. The highest BCUT2D eigenvalue weighted by atomic mass is 19.1. The van der Waals surface area contributed by atoms with Crippen molar-refractivity contribution in [1.29, 1.82) is 0 Å².